The Kier molecular flexibility index (Phi) is 3.59. The molecule has 1 amide bonds. The van der Waals surface area contributed by atoms with E-state index in [9.17, 15) is 14.7 Å². The normalized spacial score (nSPS) is 12.1. The van der Waals surface area contributed by atoms with E-state index < -0.39 is 17.7 Å². The molecule has 4 N–H and O–H groups in total. The highest BCUT2D eigenvalue weighted by Crippen LogP contribution is 2.10. The summed E-state index contributed by atoms with van der Waals surface area (Å²) < 4.78 is 0. The summed E-state index contributed by atoms with van der Waals surface area (Å²) in [6.45, 7) is 0.0794. The topological polar surface area (TPSA) is 98.0 Å². The molecule has 0 saturated heterocycles. The molecule has 0 spiro atoms. The van der Waals surface area contributed by atoms with Gasteiger partial charge in [0, 0.05) is 12.7 Å². The Labute approximate surface area is 103 Å². The Morgan fingerprint density at radius 3 is 2.67 bits per heavy atom. The minimum Gasteiger partial charge on any atom is -0.387 e. The second-order valence-electron chi connectivity index (χ2n) is 3.79. The lowest BCUT2D eigenvalue weighted by Gasteiger charge is -2.11. The maximum absolute atomic E-state index is 11.6. The van der Waals surface area contributed by atoms with Gasteiger partial charge in [-0.2, -0.15) is 0 Å². The number of carbonyl (C=O) groups is 1. The first-order chi connectivity index (χ1) is 8.66. The van der Waals surface area contributed by atoms with E-state index >= 15 is 0 Å². The molecule has 0 radical (unpaired) electrons. The molecular formula is C12H13N3O3. The van der Waals surface area contributed by atoms with Crippen LogP contribution in [0.25, 0.3) is 0 Å². The molecule has 0 aliphatic rings. The summed E-state index contributed by atoms with van der Waals surface area (Å²) in [5, 5.41) is 12.4. The van der Waals surface area contributed by atoms with Crippen LogP contribution in [0.1, 0.15) is 22.2 Å². The summed E-state index contributed by atoms with van der Waals surface area (Å²) in [5.74, 6) is -0.441. The second kappa shape index (κ2) is 5.33. The number of aromatic amines is 2. The molecule has 0 aliphatic carbocycles. The van der Waals surface area contributed by atoms with Crippen molar-refractivity contribution in [3.63, 3.8) is 0 Å². The van der Waals surface area contributed by atoms with Gasteiger partial charge in [0.25, 0.3) is 5.91 Å². The van der Waals surface area contributed by atoms with Gasteiger partial charge in [0.2, 0.25) is 0 Å². The predicted molar refractivity (Wildman–Crippen MR) is 65.1 cm³/mol. The van der Waals surface area contributed by atoms with E-state index in [0.29, 0.717) is 0 Å². The Morgan fingerprint density at radius 1 is 1.33 bits per heavy atom. The van der Waals surface area contributed by atoms with Crippen LogP contribution in [-0.2, 0) is 0 Å². The highest BCUT2D eigenvalue weighted by atomic mass is 16.3. The smallest absolute Gasteiger partial charge is 0.323 e. The van der Waals surface area contributed by atoms with Crippen molar-refractivity contribution in [3.05, 3.63) is 58.3 Å². The van der Waals surface area contributed by atoms with Gasteiger partial charge in [-0.1, -0.05) is 30.3 Å². The molecule has 0 aliphatic heterocycles. The molecule has 94 valence electrons. The zero-order valence-electron chi connectivity index (χ0n) is 9.51. The summed E-state index contributed by atoms with van der Waals surface area (Å²) in [4.78, 5) is 27.1. The van der Waals surface area contributed by atoms with Crippen LogP contribution < -0.4 is 11.0 Å². The van der Waals surface area contributed by atoms with Crippen LogP contribution >= 0.6 is 0 Å². The van der Waals surface area contributed by atoms with Gasteiger partial charge in [0.05, 0.1) is 6.10 Å². The number of H-pyrrole nitrogens is 2. The fourth-order valence-electron chi connectivity index (χ4n) is 1.53. The van der Waals surface area contributed by atoms with E-state index in [1.54, 1.807) is 12.1 Å². The van der Waals surface area contributed by atoms with Crippen LogP contribution in [0, 0.1) is 0 Å². The van der Waals surface area contributed by atoms with Gasteiger partial charge < -0.3 is 20.4 Å². The summed E-state index contributed by atoms with van der Waals surface area (Å²) in [6.07, 6.45) is 0.507. The molecule has 2 aromatic rings. The number of benzene rings is 1. The minimum absolute atomic E-state index is 0.0794. The summed E-state index contributed by atoms with van der Waals surface area (Å²) in [5.41, 5.74) is 0.421. The molecule has 1 atom stereocenters. The third kappa shape index (κ3) is 2.86. The fraction of sp³-hybridized carbons (Fsp3) is 0.167. The molecular weight excluding hydrogens is 234 g/mol. The van der Waals surface area contributed by atoms with Gasteiger partial charge in [0.1, 0.15) is 5.69 Å². The number of carbonyl (C=O) groups excluding carboxylic acids is 1. The van der Waals surface area contributed by atoms with E-state index in [4.69, 9.17) is 0 Å². The molecule has 1 aromatic carbocycles. The lowest BCUT2D eigenvalue weighted by molar-refractivity contribution is 0.0912. The van der Waals surface area contributed by atoms with Crippen molar-refractivity contribution in [2.75, 3.05) is 6.54 Å². The van der Waals surface area contributed by atoms with E-state index in [0.717, 1.165) is 5.56 Å². The zero-order valence-corrected chi connectivity index (χ0v) is 9.51. The number of aliphatic hydroxyl groups is 1. The Bertz CT molecular complexity index is 574. The average molecular weight is 247 g/mol. The van der Waals surface area contributed by atoms with Crippen molar-refractivity contribution < 1.29 is 9.90 Å². The average Bonchev–Trinajstić information content (AvgIpc) is 2.83. The van der Waals surface area contributed by atoms with Gasteiger partial charge in [-0.25, -0.2) is 4.79 Å². The molecule has 18 heavy (non-hydrogen) atoms. The van der Waals surface area contributed by atoms with Crippen molar-refractivity contribution in [2.24, 2.45) is 0 Å². The lowest BCUT2D eigenvalue weighted by Crippen LogP contribution is -2.29. The van der Waals surface area contributed by atoms with Crippen LogP contribution in [0.5, 0.6) is 0 Å². The first kappa shape index (κ1) is 12.1. The number of imidazole rings is 1. The summed E-state index contributed by atoms with van der Waals surface area (Å²) in [6, 6.07) is 9.01. The number of aliphatic hydroxyl groups excluding tert-OH is 1. The lowest BCUT2D eigenvalue weighted by atomic mass is 10.1. The monoisotopic (exact) mass is 247 g/mol. The molecule has 0 bridgehead atoms. The Hall–Kier alpha value is -2.34. The Balaban J connectivity index is 1.92. The first-order valence-corrected chi connectivity index (χ1v) is 5.45. The van der Waals surface area contributed by atoms with Crippen LogP contribution in [0.3, 0.4) is 0 Å². The van der Waals surface area contributed by atoms with E-state index in [1.807, 2.05) is 18.2 Å². The second-order valence-corrected chi connectivity index (χ2v) is 3.79. The number of amides is 1. The first-order valence-electron chi connectivity index (χ1n) is 5.45. The third-order valence-electron chi connectivity index (χ3n) is 2.48. The fourth-order valence-corrected chi connectivity index (χ4v) is 1.53. The summed E-state index contributed by atoms with van der Waals surface area (Å²) in [7, 11) is 0. The number of nitrogens with one attached hydrogen (secondary N) is 3. The van der Waals surface area contributed by atoms with Gasteiger partial charge in [-0.15, -0.1) is 0 Å². The predicted octanol–water partition coefficient (Wildman–Crippen LogP) is 0.166. The maximum atomic E-state index is 11.6. The largest absolute Gasteiger partial charge is 0.387 e. The highest BCUT2D eigenvalue weighted by molar-refractivity contribution is 5.91. The molecule has 1 heterocycles. The van der Waals surface area contributed by atoms with Crippen LogP contribution in [-0.4, -0.2) is 27.5 Å². The van der Waals surface area contributed by atoms with Gasteiger partial charge in [-0.05, 0) is 5.56 Å². The highest BCUT2D eigenvalue weighted by Gasteiger charge is 2.11. The molecule has 2 rings (SSSR count). The van der Waals surface area contributed by atoms with Crippen molar-refractivity contribution in [1.29, 1.82) is 0 Å². The number of hydrogen-bond donors (Lipinski definition) is 4. The Morgan fingerprint density at radius 2 is 2.06 bits per heavy atom. The van der Waals surface area contributed by atoms with E-state index in [1.165, 1.54) is 6.20 Å². The van der Waals surface area contributed by atoms with E-state index in [2.05, 4.69) is 15.3 Å². The molecule has 0 fully saturated rings. The number of rotatable bonds is 4. The SMILES string of the molecule is O=C(NCC(O)c1ccccc1)c1c[nH]c(=O)[nH]1. The molecule has 1 aromatic heterocycles. The maximum Gasteiger partial charge on any atom is 0.323 e. The van der Waals surface area contributed by atoms with Crippen molar-refractivity contribution in [2.45, 2.75) is 6.10 Å². The standard InChI is InChI=1S/C12H13N3O3/c16-10(8-4-2-1-3-5-8)7-13-11(17)9-6-14-12(18)15-9/h1-6,10,16H,7H2,(H,13,17)(H2,14,15,18). The van der Waals surface area contributed by atoms with Crippen molar-refractivity contribution in [3.8, 4) is 0 Å². The quantitative estimate of drug-likeness (QED) is 0.619. The van der Waals surface area contributed by atoms with Gasteiger partial charge in [0.15, 0.2) is 0 Å². The van der Waals surface area contributed by atoms with Crippen LogP contribution in [0.2, 0.25) is 0 Å². The molecule has 0 saturated carbocycles. The van der Waals surface area contributed by atoms with Gasteiger partial charge >= 0.3 is 5.69 Å². The number of hydrogen-bond acceptors (Lipinski definition) is 3. The van der Waals surface area contributed by atoms with Crippen molar-refractivity contribution in [1.82, 2.24) is 15.3 Å². The van der Waals surface area contributed by atoms with Crippen molar-refractivity contribution >= 4 is 5.91 Å². The van der Waals surface area contributed by atoms with Crippen LogP contribution in [0.4, 0.5) is 0 Å². The minimum atomic E-state index is -0.777. The van der Waals surface area contributed by atoms with E-state index in [-0.39, 0.29) is 12.2 Å². The summed E-state index contributed by atoms with van der Waals surface area (Å²) >= 11 is 0. The number of aromatic nitrogens is 2. The third-order valence-corrected chi connectivity index (χ3v) is 2.48. The zero-order chi connectivity index (χ0) is 13.0. The molecule has 6 nitrogen and oxygen atoms in total. The molecule has 6 heteroatoms. The van der Waals surface area contributed by atoms with Gasteiger partial charge in [-0.3, -0.25) is 4.79 Å². The van der Waals surface area contributed by atoms with Crippen LogP contribution in [0.15, 0.2) is 41.3 Å². The molecule has 1 unspecified atom stereocenters.